The molecule has 0 bridgehead atoms. The number of benzene rings is 2. The van der Waals surface area contributed by atoms with Gasteiger partial charge in [0.2, 0.25) is 0 Å². The summed E-state index contributed by atoms with van der Waals surface area (Å²) in [7, 11) is 1.53. The predicted octanol–water partition coefficient (Wildman–Crippen LogP) is 3.89. The van der Waals surface area contributed by atoms with Crippen molar-refractivity contribution in [3.63, 3.8) is 0 Å². The zero-order chi connectivity index (χ0) is 24.2. The van der Waals surface area contributed by atoms with Crippen LogP contribution in [-0.4, -0.2) is 41.7 Å². The first-order chi connectivity index (χ1) is 15.6. The second-order valence-electron chi connectivity index (χ2n) is 7.12. The van der Waals surface area contributed by atoms with Crippen molar-refractivity contribution in [1.29, 1.82) is 0 Å². The van der Waals surface area contributed by atoms with Crippen LogP contribution < -0.4 is 14.8 Å². The summed E-state index contributed by atoms with van der Waals surface area (Å²) in [5.74, 6) is -0.525. The van der Waals surface area contributed by atoms with Crippen LogP contribution >= 0.6 is 0 Å². The third-order valence-corrected chi connectivity index (χ3v) is 4.84. The number of Topliss-reactive ketones (excluding diaryl/α,β-unsaturated/α-hetero) is 1. The molecule has 0 aliphatic rings. The normalized spacial score (nSPS) is 11.2. The van der Waals surface area contributed by atoms with E-state index in [2.05, 4.69) is 10.4 Å². The number of carbonyl (C=O) groups excluding carboxylic acids is 2. The monoisotopic (exact) mass is 461 g/mol. The van der Waals surface area contributed by atoms with Gasteiger partial charge in [-0.15, -0.1) is 0 Å². The van der Waals surface area contributed by atoms with Crippen LogP contribution in [0.2, 0.25) is 0 Å². The quantitative estimate of drug-likeness (QED) is 0.313. The highest BCUT2D eigenvalue weighted by Gasteiger charge is 2.31. The molecule has 0 unspecified atom stereocenters. The van der Waals surface area contributed by atoms with Gasteiger partial charge in [-0.1, -0.05) is 12.1 Å². The first-order valence-electron chi connectivity index (χ1n) is 9.95. The molecule has 1 amide bonds. The van der Waals surface area contributed by atoms with E-state index in [0.717, 1.165) is 12.1 Å². The van der Waals surface area contributed by atoms with Crippen molar-refractivity contribution in [2.75, 3.05) is 20.3 Å². The lowest BCUT2D eigenvalue weighted by molar-refractivity contribution is -0.137. The maximum absolute atomic E-state index is 13.0. The number of aryl methyl sites for hydroxylation is 1. The fourth-order valence-corrected chi connectivity index (χ4v) is 3.25. The summed E-state index contributed by atoms with van der Waals surface area (Å²) in [6.45, 7) is 3.23. The molecule has 0 saturated heterocycles. The molecule has 0 aliphatic carbocycles. The Morgan fingerprint density at radius 2 is 1.76 bits per heavy atom. The van der Waals surface area contributed by atoms with Crippen LogP contribution in [0.4, 0.5) is 13.2 Å². The Morgan fingerprint density at radius 1 is 1.06 bits per heavy atom. The van der Waals surface area contributed by atoms with Gasteiger partial charge in [0.25, 0.3) is 11.7 Å². The van der Waals surface area contributed by atoms with Crippen molar-refractivity contribution in [2.24, 2.45) is 0 Å². The Hall–Kier alpha value is -3.82. The van der Waals surface area contributed by atoms with Gasteiger partial charge in [0.15, 0.2) is 0 Å². The van der Waals surface area contributed by atoms with E-state index < -0.39 is 23.4 Å². The summed E-state index contributed by atoms with van der Waals surface area (Å²) in [5.41, 5.74) is -0.165. The number of ether oxygens (including phenoxy) is 2. The molecule has 3 aromatic rings. The summed E-state index contributed by atoms with van der Waals surface area (Å²) in [4.78, 5) is 25.1. The molecule has 1 aromatic heterocycles. The van der Waals surface area contributed by atoms with Crippen LogP contribution in [0, 0.1) is 13.8 Å². The van der Waals surface area contributed by atoms with E-state index in [9.17, 15) is 22.8 Å². The third-order valence-electron chi connectivity index (χ3n) is 4.84. The molecule has 0 spiro atoms. The van der Waals surface area contributed by atoms with Gasteiger partial charge < -0.3 is 14.8 Å². The van der Waals surface area contributed by atoms with Crippen molar-refractivity contribution in [1.82, 2.24) is 15.1 Å². The van der Waals surface area contributed by atoms with Crippen molar-refractivity contribution in [3.8, 4) is 17.2 Å². The standard InChI is InChI=1S/C23H22F3N3O4/c1-14-20(15(2)29(28-14)17-7-4-6-16(12-17)23(24,25)26)21(30)22(31)27-10-11-33-19-9-5-8-18(13-19)32-3/h4-9,12-13H,10-11H2,1-3H3,(H,27,31). The molecule has 0 atom stereocenters. The van der Waals surface area contributed by atoms with Gasteiger partial charge in [-0.3, -0.25) is 9.59 Å². The van der Waals surface area contributed by atoms with Crippen molar-refractivity contribution in [2.45, 2.75) is 20.0 Å². The Balaban J connectivity index is 1.67. The Bertz CT molecular complexity index is 1170. The molecular weight excluding hydrogens is 439 g/mol. The van der Waals surface area contributed by atoms with Gasteiger partial charge in [-0.25, -0.2) is 4.68 Å². The van der Waals surface area contributed by atoms with Gasteiger partial charge in [0.1, 0.15) is 18.1 Å². The highest BCUT2D eigenvalue weighted by atomic mass is 19.4. The number of hydrogen-bond acceptors (Lipinski definition) is 5. The van der Waals surface area contributed by atoms with Gasteiger partial charge in [0, 0.05) is 6.07 Å². The number of hydrogen-bond donors (Lipinski definition) is 1. The van der Waals surface area contributed by atoms with Crippen LogP contribution in [0.1, 0.15) is 27.3 Å². The van der Waals surface area contributed by atoms with Crippen molar-refractivity contribution >= 4 is 11.7 Å². The summed E-state index contributed by atoms with van der Waals surface area (Å²) >= 11 is 0. The predicted molar refractivity (Wildman–Crippen MR) is 114 cm³/mol. The minimum absolute atomic E-state index is 0.0404. The molecule has 33 heavy (non-hydrogen) atoms. The fourth-order valence-electron chi connectivity index (χ4n) is 3.25. The summed E-state index contributed by atoms with van der Waals surface area (Å²) in [6.07, 6.45) is -4.52. The Labute approximate surface area is 188 Å². The lowest BCUT2D eigenvalue weighted by Gasteiger charge is -2.10. The molecule has 0 radical (unpaired) electrons. The van der Waals surface area contributed by atoms with Crippen LogP contribution in [0.5, 0.6) is 11.5 Å². The molecule has 2 aromatic carbocycles. The summed E-state index contributed by atoms with van der Waals surface area (Å²) < 4.78 is 51.0. The number of nitrogens with zero attached hydrogens (tertiary/aromatic N) is 2. The molecule has 1 N–H and O–H groups in total. The van der Waals surface area contributed by atoms with E-state index >= 15 is 0 Å². The number of halogens is 3. The Kier molecular flexibility index (Phi) is 7.05. The minimum Gasteiger partial charge on any atom is -0.497 e. The molecule has 10 heteroatoms. The number of rotatable bonds is 8. The highest BCUT2D eigenvalue weighted by molar-refractivity contribution is 6.43. The average Bonchev–Trinajstić information content (AvgIpc) is 3.09. The van der Waals surface area contributed by atoms with E-state index in [1.165, 1.54) is 37.8 Å². The van der Waals surface area contributed by atoms with Gasteiger partial charge in [-0.05, 0) is 44.2 Å². The summed E-state index contributed by atoms with van der Waals surface area (Å²) in [6, 6.07) is 11.5. The first-order valence-corrected chi connectivity index (χ1v) is 9.95. The average molecular weight is 461 g/mol. The largest absolute Gasteiger partial charge is 0.497 e. The number of alkyl halides is 3. The minimum atomic E-state index is -4.52. The molecular formula is C23H22F3N3O4. The Morgan fingerprint density at radius 3 is 2.45 bits per heavy atom. The number of amides is 1. The lowest BCUT2D eigenvalue weighted by atomic mass is 10.1. The molecule has 0 saturated carbocycles. The van der Waals surface area contributed by atoms with E-state index in [1.54, 1.807) is 24.3 Å². The number of ketones is 1. The van der Waals surface area contributed by atoms with Crippen LogP contribution in [0.3, 0.4) is 0 Å². The molecule has 0 fully saturated rings. The smallest absolute Gasteiger partial charge is 0.416 e. The molecule has 0 aliphatic heterocycles. The fraction of sp³-hybridized carbons (Fsp3) is 0.261. The van der Waals surface area contributed by atoms with E-state index in [1.807, 2.05) is 0 Å². The van der Waals surface area contributed by atoms with Crippen molar-refractivity contribution in [3.05, 3.63) is 71.0 Å². The topological polar surface area (TPSA) is 82.4 Å². The second kappa shape index (κ2) is 9.76. The number of carbonyl (C=O) groups is 2. The molecule has 3 rings (SSSR count). The zero-order valence-corrected chi connectivity index (χ0v) is 18.2. The zero-order valence-electron chi connectivity index (χ0n) is 18.2. The van der Waals surface area contributed by atoms with Crippen LogP contribution in [0.15, 0.2) is 48.5 Å². The molecule has 174 valence electrons. The number of methoxy groups -OCH3 is 1. The molecule has 1 heterocycles. The first kappa shape index (κ1) is 23.8. The van der Waals surface area contributed by atoms with E-state index in [4.69, 9.17) is 9.47 Å². The van der Waals surface area contributed by atoms with Gasteiger partial charge >= 0.3 is 6.18 Å². The third kappa shape index (κ3) is 5.51. The van der Waals surface area contributed by atoms with E-state index in [-0.39, 0.29) is 35.8 Å². The maximum atomic E-state index is 13.0. The van der Waals surface area contributed by atoms with Crippen LogP contribution in [0.25, 0.3) is 5.69 Å². The number of nitrogens with one attached hydrogen (secondary N) is 1. The van der Waals surface area contributed by atoms with E-state index in [0.29, 0.717) is 11.5 Å². The maximum Gasteiger partial charge on any atom is 0.416 e. The SMILES string of the molecule is COc1cccc(OCCNC(=O)C(=O)c2c(C)nn(-c3cccc(C(F)(F)F)c3)c2C)c1. The van der Waals surface area contributed by atoms with Crippen molar-refractivity contribution < 1.29 is 32.2 Å². The number of aromatic nitrogens is 2. The lowest BCUT2D eigenvalue weighted by Crippen LogP contribution is -2.34. The van der Waals surface area contributed by atoms with Gasteiger partial charge in [-0.2, -0.15) is 18.3 Å². The highest BCUT2D eigenvalue weighted by Crippen LogP contribution is 2.31. The second-order valence-corrected chi connectivity index (χ2v) is 7.12. The molecule has 7 nitrogen and oxygen atoms in total. The van der Waals surface area contributed by atoms with Crippen LogP contribution in [-0.2, 0) is 11.0 Å². The van der Waals surface area contributed by atoms with Gasteiger partial charge in [0.05, 0.1) is 41.9 Å². The summed E-state index contributed by atoms with van der Waals surface area (Å²) in [5, 5.41) is 6.65.